The number of hydrogen-bond acceptors (Lipinski definition) is 2. The number of fused-ring (bicyclic) bond motifs is 3. The largest absolute Gasteiger partial charge is 0.372 e. The Morgan fingerprint density at radius 2 is 1.27 bits per heavy atom. The molecule has 41 heavy (non-hydrogen) atoms. The summed E-state index contributed by atoms with van der Waals surface area (Å²) in [6.07, 6.45) is 7.86. The molecule has 2 aliphatic rings. The Bertz CT molecular complexity index is 1590. The first kappa shape index (κ1) is 26.9. The van der Waals surface area contributed by atoms with Crippen molar-refractivity contribution < 1.29 is 0 Å². The van der Waals surface area contributed by atoms with Gasteiger partial charge in [0.1, 0.15) is 0 Å². The van der Waals surface area contributed by atoms with Crippen LogP contribution in [-0.4, -0.2) is 26.2 Å². The average Bonchev–Trinajstić information content (AvgIpc) is 3.64. The van der Waals surface area contributed by atoms with Crippen molar-refractivity contribution in [3.05, 3.63) is 143 Å². The summed E-state index contributed by atoms with van der Waals surface area (Å²) < 4.78 is 0. The Morgan fingerprint density at radius 1 is 0.659 bits per heavy atom. The second-order valence-corrected chi connectivity index (χ2v) is 10.8. The highest BCUT2D eigenvalue weighted by Crippen LogP contribution is 2.49. The van der Waals surface area contributed by atoms with Crippen molar-refractivity contribution in [2.24, 2.45) is 0 Å². The van der Waals surface area contributed by atoms with Crippen molar-refractivity contribution in [3.8, 4) is 11.1 Å². The van der Waals surface area contributed by atoms with Gasteiger partial charge in [0, 0.05) is 43.1 Å². The lowest BCUT2D eigenvalue weighted by Crippen LogP contribution is -2.23. The lowest BCUT2D eigenvalue weighted by atomic mass is 9.85. The molecule has 0 aromatic heterocycles. The molecule has 0 N–H and O–H groups in total. The van der Waals surface area contributed by atoms with E-state index >= 15 is 0 Å². The van der Waals surface area contributed by atoms with Crippen LogP contribution in [0.4, 0.5) is 11.4 Å². The maximum atomic E-state index is 2.52. The van der Waals surface area contributed by atoms with Gasteiger partial charge in [-0.25, -0.2) is 0 Å². The maximum Gasteiger partial charge on any atom is 0.0449 e. The number of rotatable bonds is 9. The molecule has 6 rings (SSSR count). The zero-order chi connectivity index (χ0) is 28.3. The molecule has 4 aromatic carbocycles. The van der Waals surface area contributed by atoms with E-state index in [4.69, 9.17) is 0 Å². The van der Waals surface area contributed by atoms with Gasteiger partial charge in [0.15, 0.2) is 0 Å². The Hall–Kier alpha value is -4.30. The maximum absolute atomic E-state index is 2.52. The Labute approximate surface area is 246 Å². The van der Waals surface area contributed by atoms with Crippen LogP contribution in [0.25, 0.3) is 22.3 Å². The summed E-state index contributed by atoms with van der Waals surface area (Å²) in [7, 11) is 0. The van der Waals surface area contributed by atoms with E-state index in [-0.39, 0.29) is 0 Å². The number of anilines is 2. The predicted octanol–water partition coefficient (Wildman–Crippen LogP) is 9.41. The highest BCUT2D eigenvalue weighted by atomic mass is 15.1. The fourth-order valence-electron chi connectivity index (χ4n) is 6.71. The first-order valence-electron chi connectivity index (χ1n) is 15.2. The van der Waals surface area contributed by atoms with Gasteiger partial charge in [-0.3, -0.25) is 0 Å². The van der Waals surface area contributed by atoms with Gasteiger partial charge in [-0.15, -0.1) is 0 Å². The third kappa shape index (κ3) is 4.82. The topological polar surface area (TPSA) is 6.48 Å². The van der Waals surface area contributed by atoms with Gasteiger partial charge >= 0.3 is 0 Å². The molecule has 2 nitrogen and oxygen atoms in total. The predicted molar refractivity (Wildman–Crippen MR) is 178 cm³/mol. The lowest BCUT2D eigenvalue weighted by Gasteiger charge is -2.28. The third-order valence-electron chi connectivity index (χ3n) is 8.75. The second-order valence-electron chi connectivity index (χ2n) is 10.8. The summed E-state index contributed by atoms with van der Waals surface area (Å²) in [5, 5.41) is 0. The van der Waals surface area contributed by atoms with E-state index < -0.39 is 0 Å². The van der Waals surface area contributed by atoms with Crippen LogP contribution in [0.3, 0.4) is 0 Å². The second kappa shape index (κ2) is 11.7. The van der Waals surface area contributed by atoms with Crippen LogP contribution in [0.15, 0.2) is 115 Å². The quantitative estimate of drug-likeness (QED) is 0.185. The highest BCUT2D eigenvalue weighted by molar-refractivity contribution is 6.04. The molecule has 206 valence electrons. The molecule has 0 amide bonds. The Balaban J connectivity index is 1.57. The zero-order valence-corrected chi connectivity index (χ0v) is 24.8. The Kier molecular flexibility index (Phi) is 7.65. The number of allylic oxidation sites excluding steroid dienone is 5. The van der Waals surface area contributed by atoms with E-state index in [1.54, 1.807) is 0 Å². The molecule has 2 aliphatic carbocycles. The summed E-state index contributed by atoms with van der Waals surface area (Å²) in [6.45, 7) is 13.0. The minimum Gasteiger partial charge on any atom is -0.372 e. The van der Waals surface area contributed by atoms with Crippen molar-refractivity contribution in [2.75, 3.05) is 36.0 Å². The molecule has 0 fully saturated rings. The molecular weight excluding hydrogens is 496 g/mol. The van der Waals surface area contributed by atoms with Crippen molar-refractivity contribution in [1.82, 2.24) is 0 Å². The molecular formula is C39H40N2. The van der Waals surface area contributed by atoms with E-state index in [0.29, 0.717) is 0 Å². The third-order valence-corrected chi connectivity index (χ3v) is 8.75. The molecule has 0 spiro atoms. The first-order chi connectivity index (χ1) is 20.2. The molecule has 0 saturated carbocycles. The van der Waals surface area contributed by atoms with E-state index in [0.717, 1.165) is 32.6 Å². The van der Waals surface area contributed by atoms with Gasteiger partial charge < -0.3 is 9.80 Å². The molecule has 0 saturated heterocycles. The molecule has 0 aliphatic heterocycles. The van der Waals surface area contributed by atoms with Crippen LogP contribution in [0.5, 0.6) is 0 Å². The van der Waals surface area contributed by atoms with Crippen molar-refractivity contribution >= 4 is 22.5 Å². The van der Waals surface area contributed by atoms with Crippen LogP contribution in [0.2, 0.25) is 0 Å². The Morgan fingerprint density at radius 3 is 1.88 bits per heavy atom. The molecule has 0 bridgehead atoms. The normalized spacial score (nSPS) is 13.2. The van der Waals surface area contributed by atoms with Gasteiger partial charge in [0.05, 0.1) is 0 Å². The standard InChI is InChI=1S/C39H40N2/c1-5-40(6-2)31-22-23-32-30(26-31)27-36-33(32)24-25-37(41(7-3)8-4)39(36)35-21-15-20-34(35)38(28-16-11-9-12-17-28)29-18-13-10-14-19-29/h9-26H,5-8,27H2,1-4H3. The SMILES string of the molecule is CCN(CC)c1ccc2c(c1)Cc1c-2ccc(N(CC)CC)c1C1=CC=CC1=C(c1ccccc1)c1ccccc1. The number of nitrogens with zero attached hydrogens (tertiary/aromatic N) is 2. The first-order valence-corrected chi connectivity index (χ1v) is 15.2. The minimum atomic E-state index is 0.959. The van der Waals surface area contributed by atoms with Crippen molar-refractivity contribution in [3.63, 3.8) is 0 Å². The average molecular weight is 537 g/mol. The van der Waals surface area contributed by atoms with Crippen LogP contribution < -0.4 is 9.80 Å². The fourth-order valence-corrected chi connectivity index (χ4v) is 6.71. The molecule has 2 heteroatoms. The molecule has 0 heterocycles. The fraction of sp³-hybridized carbons (Fsp3) is 0.231. The van der Waals surface area contributed by atoms with Crippen LogP contribution in [-0.2, 0) is 6.42 Å². The van der Waals surface area contributed by atoms with Crippen LogP contribution >= 0.6 is 0 Å². The summed E-state index contributed by atoms with van der Waals surface area (Å²) >= 11 is 0. The molecule has 4 aromatic rings. The van der Waals surface area contributed by atoms with Crippen molar-refractivity contribution in [1.29, 1.82) is 0 Å². The van der Waals surface area contributed by atoms with Gasteiger partial charge in [0.25, 0.3) is 0 Å². The molecule has 0 radical (unpaired) electrons. The summed E-state index contributed by atoms with van der Waals surface area (Å²) in [6, 6.07) is 33.6. The van der Waals surface area contributed by atoms with Gasteiger partial charge in [-0.2, -0.15) is 0 Å². The zero-order valence-electron chi connectivity index (χ0n) is 24.8. The molecule has 0 atom stereocenters. The van der Waals surface area contributed by atoms with E-state index in [1.807, 2.05) is 0 Å². The highest BCUT2D eigenvalue weighted by Gasteiger charge is 2.29. The van der Waals surface area contributed by atoms with Crippen LogP contribution in [0, 0.1) is 0 Å². The lowest BCUT2D eigenvalue weighted by molar-refractivity contribution is 0.863. The summed E-state index contributed by atoms with van der Waals surface area (Å²) in [4.78, 5) is 4.96. The van der Waals surface area contributed by atoms with E-state index in [9.17, 15) is 0 Å². The number of benzene rings is 4. The van der Waals surface area contributed by atoms with Gasteiger partial charge in [-0.1, -0.05) is 91.0 Å². The minimum absolute atomic E-state index is 0.959. The van der Waals surface area contributed by atoms with Gasteiger partial charge in [-0.05, 0) is 102 Å². The van der Waals surface area contributed by atoms with Crippen molar-refractivity contribution in [2.45, 2.75) is 34.1 Å². The van der Waals surface area contributed by atoms with Crippen LogP contribution in [0.1, 0.15) is 55.5 Å². The van der Waals surface area contributed by atoms with E-state index in [2.05, 4.69) is 147 Å². The summed E-state index contributed by atoms with van der Waals surface area (Å²) in [5.74, 6) is 0. The summed E-state index contributed by atoms with van der Waals surface area (Å²) in [5.41, 5.74) is 16.1. The smallest absolute Gasteiger partial charge is 0.0449 e. The van der Waals surface area contributed by atoms with Gasteiger partial charge in [0.2, 0.25) is 0 Å². The molecule has 0 unspecified atom stereocenters. The van der Waals surface area contributed by atoms with E-state index in [1.165, 1.54) is 67.0 Å². The monoisotopic (exact) mass is 536 g/mol. The number of hydrogen-bond donors (Lipinski definition) is 0.